The van der Waals surface area contributed by atoms with E-state index in [1.54, 1.807) is 24.3 Å². The Morgan fingerprint density at radius 1 is 1.00 bits per heavy atom. The Kier molecular flexibility index (Phi) is 5.49. The van der Waals surface area contributed by atoms with Gasteiger partial charge >= 0.3 is 0 Å². The highest BCUT2D eigenvalue weighted by molar-refractivity contribution is 6.33. The van der Waals surface area contributed by atoms with Crippen LogP contribution in [0.15, 0.2) is 60.9 Å². The molecule has 0 bridgehead atoms. The maximum atomic E-state index is 12.2. The number of rotatable bonds is 5. The molecule has 6 heteroatoms. The fraction of sp³-hybridized carbons (Fsp3) is 0.150. The van der Waals surface area contributed by atoms with Crippen LogP contribution in [-0.4, -0.2) is 15.9 Å². The normalized spacial score (nSPS) is 10.6. The number of hydrogen-bond acceptors (Lipinski definition) is 4. The summed E-state index contributed by atoms with van der Waals surface area (Å²) in [5.74, 6) is 0.690. The predicted octanol–water partition coefficient (Wildman–Crippen LogP) is 5.25. The SMILES string of the molecule is CC(C)c1ccc(Nc2cnc(C(=O)Nc3ccccc3Cl)cn2)cc1. The lowest BCUT2D eigenvalue weighted by molar-refractivity contribution is 0.102. The molecule has 0 atom stereocenters. The summed E-state index contributed by atoms with van der Waals surface area (Å²) >= 11 is 6.04. The van der Waals surface area contributed by atoms with Gasteiger partial charge in [0, 0.05) is 5.69 Å². The number of carbonyl (C=O) groups excluding carboxylic acids is 1. The molecule has 0 saturated carbocycles. The van der Waals surface area contributed by atoms with Gasteiger partial charge < -0.3 is 10.6 Å². The van der Waals surface area contributed by atoms with E-state index in [4.69, 9.17) is 11.6 Å². The third-order valence-electron chi connectivity index (χ3n) is 3.86. The maximum absolute atomic E-state index is 12.2. The van der Waals surface area contributed by atoms with Crippen molar-refractivity contribution in [1.29, 1.82) is 0 Å². The average Bonchev–Trinajstić information content (AvgIpc) is 2.64. The second kappa shape index (κ2) is 7.97. The van der Waals surface area contributed by atoms with Gasteiger partial charge in [0.15, 0.2) is 0 Å². The van der Waals surface area contributed by atoms with Crippen molar-refractivity contribution in [2.75, 3.05) is 10.6 Å². The van der Waals surface area contributed by atoms with Gasteiger partial charge in [-0.3, -0.25) is 4.79 Å². The molecule has 132 valence electrons. The molecule has 26 heavy (non-hydrogen) atoms. The first-order valence-electron chi connectivity index (χ1n) is 8.28. The minimum absolute atomic E-state index is 0.214. The summed E-state index contributed by atoms with van der Waals surface area (Å²) < 4.78 is 0. The van der Waals surface area contributed by atoms with Crippen LogP contribution in [0.25, 0.3) is 0 Å². The molecule has 0 aliphatic heterocycles. The Labute approximate surface area is 157 Å². The van der Waals surface area contributed by atoms with Crippen LogP contribution >= 0.6 is 11.6 Å². The van der Waals surface area contributed by atoms with E-state index in [9.17, 15) is 4.79 Å². The number of hydrogen-bond donors (Lipinski definition) is 2. The molecule has 2 aromatic carbocycles. The summed E-state index contributed by atoms with van der Waals surface area (Å²) in [6.07, 6.45) is 2.95. The van der Waals surface area contributed by atoms with Gasteiger partial charge in [0.2, 0.25) is 0 Å². The molecule has 2 N–H and O–H groups in total. The Morgan fingerprint density at radius 3 is 2.35 bits per heavy atom. The van der Waals surface area contributed by atoms with Crippen molar-refractivity contribution in [1.82, 2.24) is 9.97 Å². The lowest BCUT2D eigenvalue weighted by atomic mass is 10.0. The van der Waals surface area contributed by atoms with Crippen molar-refractivity contribution >= 4 is 34.7 Å². The van der Waals surface area contributed by atoms with Crippen molar-refractivity contribution in [3.05, 3.63) is 77.2 Å². The molecule has 1 amide bonds. The summed E-state index contributed by atoms with van der Waals surface area (Å²) in [5.41, 5.74) is 2.93. The van der Waals surface area contributed by atoms with Crippen LogP contribution in [0.4, 0.5) is 17.2 Å². The Bertz CT molecular complexity index is 892. The summed E-state index contributed by atoms with van der Waals surface area (Å²) in [6, 6.07) is 15.2. The van der Waals surface area contributed by atoms with Gasteiger partial charge in [0.25, 0.3) is 5.91 Å². The summed E-state index contributed by atoms with van der Waals surface area (Å²) in [7, 11) is 0. The molecular weight excluding hydrogens is 348 g/mol. The van der Waals surface area contributed by atoms with Crippen LogP contribution in [0.5, 0.6) is 0 Å². The number of carbonyl (C=O) groups is 1. The van der Waals surface area contributed by atoms with E-state index in [-0.39, 0.29) is 11.6 Å². The van der Waals surface area contributed by atoms with Crippen molar-refractivity contribution in [3.8, 4) is 0 Å². The molecule has 3 rings (SSSR count). The molecular formula is C20H19ClN4O. The zero-order valence-electron chi connectivity index (χ0n) is 14.5. The number of benzene rings is 2. The van der Waals surface area contributed by atoms with Gasteiger partial charge in [-0.1, -0.05) is 49.7 Å². The number of anilines is 3. The highest BCUT2D eigenvalue weighted by Crippen LogP contribution is 2.21. The van der Waals surface area contributed by atoms with Crippen LogP contribution in [0.3, 0.4) is 0 Å². The van der Waals surface area contributed by atoms with Crippen molar-refractivity contribution < 1.29 is 4.79 Å². The third-order valence-corrected chi connectivity index (χ3v) is 4.19. The first-order chi connectivity index (χ1) is 12.5. The van der Waals surface area contributed by atoms with E-state index in [0.29, 0.717) is 22.4 Å². The lowest BCUT2D eigenvalue weighted by Crippen LogP contribution is -2.14. The number of nitrogens with one attached hydrogen (secondary N) is 2. The van der Waals surface area contributed by atoms with Crippen LogP contribution in [0, 0.1) is 0 Å². The van der Waals surface area contributed by atoms with Crippen LogP contribution in [-0.2, 0) is 0 Å². The molecule has 0 fully saturated rings. The molecule has 3 aromatic rings. The first kappa shape index (κ1) is 17.9. The van der Waals surface area contributed by atoms with Gasteiger partial charge in [0.1, 0.15) is 11.5 Å². The highest BCUT2D eigenvalue weighted by atomic mass is 35.5. The second-order valence-corrected chi connectivity index (χ2v) is 6.53. The molecule has 0 aliphatic carbocycles. The minimum Gasteiger partial charge on any atom is -0.339 e. The maximum Gasteiger partial charge on any atom is 0.275 e. The predicted molar refractivity (Wildman–Crippen MR) is 105 cm³/mol. The first-order valence-corrected chi connectivity index (χ1v) is 8.65. The van der Waals surface area contributed by atoms with Gasteiger partial charge in [-0.05, 0) is 35.7 Å². The largest absolute Gasteiger partial charge is 0.339 e. The summed E-state index contributed by atoms with van der Waals surface area (Å²) in [5, 5.41) is 6.36. The average molecular weight is 367 g/mol. The number of amides is 1. The van der Waals surface area contributed by atoms with Crippen LogP contribution in [0.2, 0.25) is 5.02 Å². The van der Waals surface area contributed by atoms with Crippen LogP contribution in [0.1, 0.15) is 35.8 Å². The topological polar surface area (TPSA) is 66.9 Å². The lowest BCUT2D eigenvalue weighted by Gasteiger charge is -2.09. The van der Waals surface area contributed by atoms with Crippen LogP contribution < -0.4 is 10.6 Å². The Balaban J connectivity index is 1.66. The molecule has 0 aliphatic rings. The molecule has 1 heterocycles. The fourth-order valence-corrected chi connectivity index (χ4v) is 2.54. The number of halogens is 1. The number of nitrogens with zero attached hydrogens (tertiary/aromatic N) is 2. The Hall–Kier alpha value is -2.92. The smallest absolute Gasteiger partial charge is 0.275 e. The zero-order chi connectivity index (χ0) is 18.5. The molecule has 0 radical (unpaired) electrons. The van der Waals surface area contributed by atoms with Crippen molar-refractivity contribution in [2.45, 2.75) is 19.8 Å². The van der Waals surface area contributed by atoms with Gasteiger partial charge in [0.05, 0.1) is 23.1 Å². The molecule has 0 unspecified atom stereocenters. The fourth-order valence-electron chi connectivity index (χ4n) is 2.36. The number of para-hydroxylation sites is 1. The Morgan fingerprint density at radius 2 is 1.73 bits per heavy atom. The standard InChI is InChI=1S/C20H19ClN4O/c1-13(2)14-7-9-15(10-8-14)24-19-12-22-18(11-23-19)20(26)25-17-6-4-3-5-16(17)21/h3-13H,1-2H3,(H,23,24)(H,25,26). The van der Waals surface area contributed by atoms with Gasteiger partial charge in [-0.15, -0.1) is 0 Å². The summed E-state index contributed by atoms with van der Waals surface area (Å²) in [4.78, 5) is 20.7. The van der Waals surface area contributed by atoms with E-state index in [1.165, 1.54) is 18.0 Å². The van der Waals surface area contributed by atoms with E-state index in [1.807, 2.05) is 12.1 Å². The van der Waals surface area contributed by atoms with Crippen molar-refractivity contribution in [2.24, 2.45) is 0 Å². The second-order valence-electron chi connectivity index (χ2n) is 6.12. The van der Waals surface area contributed by atoms with Gasteiger partial charge in [-0.25, -0.2) is 9.97 Å². The van der Waals surface area contributed by atoms with E-state index in [0.717, 1.165) is 5.69 Å². The summed E-state index contributed by atoms with van der Waals surface area (Å²) in [6.45, 7) is 4.31. The molecule has 0 spiro atoms. The van der Waals surface area contributed by atoms with E-state index in [2.05, 4.69) is 46.6 Å². The monoisotopic (exact) mass is 366 g/mol. The number of aromatic nitrogens is 2. The van der Waals surface area contributed by atoms with E-state index >= 15 is 0 Å². The minimum atomic E-state index is -0.363. The van der Waals surface area contributed by atoms with E-state index < -0.39 is 0 Å². The molecule has 1 aromatic heterocycles. The van der Waals surface area contributed by atoms with Gasteiger partial charge in [-0.2, -0.15) is 0 Å². The molecule has 5 nitrogen and oxygen atoms in total. The quantitative estimate of drug-likeness (QED) is 0.647. The third kappa shape index (κ3) is 4.37. The molecule has 0 saturated heterocycles. The highest BCUT2D eigenvalue weighted by Gasteiger charge is 2.10. The van der Waals surface area contributed by atoms with Crippen molar-refractivity contribution in [3.63, 3.8) is 0 Å². The zero-order valence-corrected chi connectivity index (χ0v) is 15.3.